The maximum absolute atomic E-state index is 11.7. The summed E-state index contributed by atoms with van der Waals surface area (Å²) in [6.07, 6.45) is 1.57. The van der Waals surface area contributed by atoms with E-state index in [1.165, 1.54) is 6.20 Å². The second kappa shape index (κ2) is 6.34. The molecule has 0 radical (unpaired) electrons. The van der Waals surface area contributed by atoms with E-state index >= 15 is 0 Å². The maximum atomic E-state index is 11.7. The third-order valence-electron chi connectivity index (χ3n) is 2.12. The van der Waals surface area contributed by atoms with Gasteiger partial charge in [-0.3, -0.25) is 9.59 Å². The first-order valence-electron chi connectivity index (χ1n) is 5.10. The Morgan fingerprint density at radius 3 is 2.88 bits per heavy atom. The van der Waals surface area contributed by atoms with Gasteiger partial charge in [0.2, 0.25) is 0 Å². The van der Waals surface area contributed by atoms with Crippen LogP contribution in [0.3, 0.4) is 0 Å². The van der Waals surface area contributed by atoms with E-state index < -0.39 is 5.97 Å². The molecule has 1 aromatic heterocycles. The highest BCUT2D eigenvalue weighted by Gasteiger charge is 2.10. The van der Waals surface area contributed by atoms with Crippen LogP contribution in [0.15, 0.2) is 22.9 Å². The number of rotatable bonds is 5. The van der Waals surface area contributed by atoms with Crippen LogP contribution in [0.5, 0.6) is 0 Å². The van der Waals surface area contributed by atoms with Gasteiger partial charge in [0.25, 0.3) is 5.91 Å². The summed E-state index contributed by atoms with van der Waals surface area (Å²) in [5.74, 6) is -1.19. The van der Waals surface area contributed by atoms with Gasteiger partial charge < -0.3 is 10.4 Å². The molecule has 1 aromatic rings. The number of hydrogen-bond donors (Lipinski definition) is 2. The molecular formula is C11H13BrN2O3. The van der Waals surface area contributed by atoms with Crippen LogP contribution in [0.25, 0.3) is 0 Å². The van der Waals surface area contributed by atoms with Gasteiger partial charge >= 0.3 is 5.97 Å². The van der Waals surface area contributed by atoms with Crippen molar-refractivity contribution >= 4 is 27.8 Å². The number of carbonyl (C=O) groups excluding carboxylic acids is 1. The molecule has 0 aliphatic rings. The number of hydrogen-bond acceptors (Lipinski definition) is 3. The average Bonchev–Trinajstić information content (AvgIpc) is 2.25. The molecule has 2 N–H and O–H groups in total. The van der Waals surface area contributed by atoms with E-state index in [9.17, 15) is 9.59 Å². The number of carbonyl (C=O) groups is 2. The minimum Gasteiger partial charge on any atom is -0.481 e. The lowest BCUT2D eigenvalue weighted by molar-refractivity contribution is -0.137. The van der Waals surface area contributed by atoms with Crippen LogP contribution < -0.4 is 5.32 Å². The fourth-order valence-electron chi connectivity index (χ4n) is 1.28. The zero-order valence-corrected chi connectivity index (χ0v) is 10.9. The summed E-state index contributed by atoms with van der Waals surface area (Å²) in [5, 5.41) is 11.3. The Bertz CT molecular complexity index is 423. The normalized spacial score (nSPS) is 11.9. The quantitative estimate of drug-likeness (QED) is 0.811. The maximum Gasteiger partial charge on any atom is 0.303 e. The number of carboxylic acid groups (broad SMARTS) is 1. The van der Waals surface area contributed by atoms with Gasteiger partial charge in [-0.2, -0.15) is 0 Å². The SMILES string of the molecule is CC(CNC(=O)c1ccnc(Br)c1)CC(=O)O. The summed E-state index contributed by atoms with van der Waals surface area (Å²) < 4.78 is 0.587. The summed E-state index contributed by atoms with van der Waals surface area (Å²) in [4.78, 5) is 26.0. The highest BCUT2D eigenvalue weighted by atomic mass is 79.9. The Hall–Kier alpha value is -1.43. The molecule has 1 heterocycles. The predicted octanol–water partition coefficient (Wildman–Crippen LogP) is 1.68. The minimum atomic E-state index is -0.863. The van der Waals surface area contributed by atoms with Crippen molar-refractivity contribution in [3.8, 4) is 0 Å². The molecule has 17 heavy (non-hydrogen) atoms. The molecule has 0 spiro atoms. The fourth-order valence-corrected chi connectivity index (χ4v) is 1.65. The summed E-state index contributed by atoms with van der Waals surface area (Å²) >= 11 is 3.17. The zero-order valence-electron chi connectivity index (χ0n) is 9.31. The Morgan fingerprint density at radius 1 is 1.59 bits per heavy atom. The molecule has 0 aliphatic heterocycles. The number of aromatic nitrogens is 1. The first-order chi connectivity index (χ1) is 7.99. The summed E-state index contributed by atoms with van der Waals surface area (Å²) in [5.41, 5.74) is 0.495. The molecule has 92 valence electrons. The van der Waals surface area contributed by atoms with Crippen LogP contribution in [0.1, 0.15) is 23.7 Å². The Kier molecular flexibility index (Phi) is 5.09. The van der Waals surface area contributed by atoms with Gasteiger partial charge in [-0.1, -0.05) is 6.92 Å². The number of pyridine rings is 1. The number of aliphatic carboxylic acids is 1. The molecule has 0 aliphatic carbocycles. The van der Waals surface area contributed by atoms with Crippen molar-refractivity contribution < 1.29 is 14.7 Å². The first kappa shape index (κ1) is 13.6. The predicted molar refractivity (Wildman–Crippen MR) is 65.7 cm³/mol. The van der Waals surface area contributed by atoms with Crippen LogP contribution in [0, 0.1) is 5.92 Å². The van der Waals surface area contributed by atoms with E-state index in [1.807, 2.05) is 0 Å². The second-order valence-electron chi connectivity index (χ2n) is 3.78. The minimum absolute atomic E-state index is 0.0420. The Morgan fingerprint density at radius 2 is 2.29 bits per heavy atom. The number of nitrogens with one attached hydrogen (secondary N) is 1. The summed E-state index contributed by atoms with van der Waals surface area (Å²) in [6.45, 7) is 2.11. The standard InChI is InChI=1S/C11H13BrN2O3/c1-7(4-10(15)16)6-14-11(17)8-2-3-13-9(12)5-8/h2-3,5,7H,4,6H2,1H3,(H,14,17)(H,15,16). The first-order valence-corrected chi connectivity index (χ1v) is 5.90. The molecule has 5 nitrogen and oxygen atoms in total. The third-order valence-corrected chi connectivity index (χ3v) is 2.56. The van der Waals surface area contributed by atoms with Crippen LogP contribution in [0.2, 0.25) is 0 Å². The van der Waals surface area contributed by atoms with Crippen molar-refractivity contribution in [1.82, 2.24) is 10.3 Å². The molecule has 0 saturated carbocycles. The van der Waals surface area contributed by atoms with Crippen molar-refractivity contribution in [2.45, 2.75) is 13.3 Å². The molecular weight excluding hydrogens is 288 g/mol. The molecule has 0 saturated heterocycles. The number of halogens is 1. The fraction of sp³-hybridized carbons (Fsp3) is 0.364. The lowest BCUT2D eigenvalue weighted by Gasteiger charge is -2.10. The largest absolute Gasteiger partial charge is 0.481 e. The second-order valence-corrected chi connectivity index (χ2v) is 4.59. The van der Waals surface area contributed by atoms with E-state index in [-0.39, 0.29) is 18.2 Å². The van der Waals surface area contributed by atoms with Crippen LogP contribution in [-0.2, 0) is 4.79 Å². The number of amides is 1. The van der Waals surface area contributed by atoms with Crippen molar-refractivity contribution in [3.05, 3.63) is 28.5 Å². The zero-order chi connectivity index (χ0) is 12.8. The molecule has 0 bridgehead atoms. The van der Waals surface area contributed by atoms with Gasteiger partial charge in [0.1, 0.15) is 4.60 Å². The Balaban J connectivity index is 2.47. The van der Waals surface area contributed by atoms with Crippen molar-refractivity contribution in [2.75, 3.05) is 6.54 Å². The van der Waals surface area contributed by atoms with Crippen LogP contribution in [0.4, 0.5) is 0 Å². The summed E-state index contributed by atoms with van der Waals surface area (Å²) in [6, 6.07) is 3.21. The molecule has 1 amide bonds. The van der Waals surface area contributed by atoms with Crippen molar-refractivity contribution in [2.24, 2.45) is 5.92 Å². The monoisotopic (exact) mass is 300 g/mol. The van der Waals surface area contributed by atoms with Crippen LogP contribution >= 0.6 is 15.9 Å². The molecule has 0 fully saturated rings. The molecule has 0 aromatic carbocycles. The summed E-state index contributed by atoms with van der Waals surface area (Å²) in [7, 11) is 0. The molecule has 1 atom stereocenters. The van der Waals surface area contributed by atoms with Crippen molar-refractivity contribution in [3.63, 3.8) is 0 Å². The van der Waals surface area contributed by atoms with Gasteiger partial charge in [-0.05, 0) is 34.0 Å². The molecule has 6 heteroatoms. The van der Waals surface area contributed by atoms with Gasteiger partial charge in [-0.25, -0.2) is 4.98 Å². The highest BCUT2D eigenvalue weighted by Crippen LogP contribution is 2.08. The topological polar surface area (TPSA) is 79.3 Å². The highest BCUT2D eigenvalue weighted by molar-refractivity contribution is 9.10. The Labute approximate surface area is 107 Å². The molecule has 1 rings (SSSR count). The van der Waals surface area contributed by atoms with Gasteiger partial charge in [0.15, 0.2) is 0 Å². The van der Waals surface area contributed by atoms with E-state index in [4.69, 9.17) is 5.11 Å². The van der Waals surface area contributed by atoms with Crippen molar-refractivity contribution in [1.29, 1.82) is 0 Å². The lowest BCUT2D eigenvalue weighted by atomic mass is 10.1. The third kappa shape index (κ3) is 4.95. The molecule has 1 unspecified atom stereocenters. The van der Waals surface area contributed by atoms with E-state index in [1.54, 1.807) is 19.1 Å². The smallest absolute Gasteiger partial charge is 0.303 e. The lowest BCUT2D eigenvalue weighted by Crippen LogP contribution is -2.29. The van der Waals surface area contributed by atoms with E-state index in [0.717, 1.165) is 0 Å². The van der Waals surface area contributed by atoms with Gasteiger partial charge in [0, 0.05) is 24.7 Å². The number of nitrogens with zero attached hydrogens (tertiary/aromatic N) is 1. The number of carboxylic acids is 1. The van der Waals surface area contributed by atoms with Gasteiger partial charge in [0.05, 0.1) is 0 Å². The van der Waals surface area contributed by atoms with E-state index in [2.05, 4.69) is 26.2 Å². The van der Waals surface area contributed by atoms with Crippen LogP contribution in [-0.4, -0.2) is 28.5 Å². The van der Waals surface area contributed by atoms with E-state index in [0.29, 0.717) is 16.7 Å². The van der Waals surface area contributed by atoms with Gasteiger partial charge in [-0.15, -0.1) is 0 Å². The average molecular weight is 301 g/mol.